The van der Waals surface area contributed by atoms with Crippen LogP contribution in [-0.2, 0) is 0 Å². The van der Waals surface area contributed by atoms with E-state index in [0.29, 0.717) is 5.75 Å². The summed E-state index contributed by atoms with van der Waals surface area (Å²) in [7, 11) is 0. The molecule has 128 valence electrons. The molecule has 4 rings (SSSR count). The number of phenolic OH excluding ortho intramolecular Hbond substituents is 1. The normalized spacial score (nSPS) is 12.2. The lowest BCUT2D eigenvalue weighted by Gasteiger charge is -2.19. The van der Waals surface area contributed by atoms with Gasteiger partial charge in [-0.3, -0.25) is 4.98 Å². The number of hydrogen-bond donors (Lipinski definition) is 1. The molecule has 0 spiro atoms. The molecule has 1 atom stereocenters. The molecular weight excluding hydrogens is 318 g/mol. The maximum absolute atomic E-state index is 10.3. The predicted molar refractivity (Wildman–Crippen MR) is 108 cm³/mol. The van der Waals surface area contributed by atoms with Gasteiger partial charge in [-0.1, -0.05) is 79.7 Å². The first-order valence-corrected chi connectivity index (χ1v) is 8.89. The average molecular weight is 339 g/mol. The minimum absolute atomic E-state index is 0.0100. The number of hydrogen-bond acceptors (Lipinski definition) is 2. The molecule has 0 bridgehead atoms. The molecule has 4 aromatic rings. The molecule has 2 heteroatoms. The molecule has 1 heterocycles. The molecule has 0 radical (unpaired) electrons. The Morgan fingerprint density at radius 3 is 2.12 bits per heavy atom. The van der Waals surface area contributed by atoms with Crippen molar-refractivity contribution < 1.29 is 5.11 Å². The summed E-state index contributed by atoms with van der Waals surface area (Å²) in [5.41, 5.74) is 5.18. The number of fused-ring (bicyclic) bond motifs is 1. The maximum Gasteiger partial charge on any atom is 0.119 e. The summed E-state index contributed by atoms with van der Waals surface area (Å²) in [6.07, 6.45) is 0. The SMILES string of the molecule is Cc1c(-c2ccccc2)nc(C(C)c2ccccc2O)c2ccccc12. The molecule has 0 saturated carbocycles. The number of aromatic nitrogens is 1. The molecule has 0 amide bonds. The van der Waals surface area contributed by atoms with Crippen LogP contribution in [0.5, 0.6) is 5.75 Å². The highest BCUT2D eigenvalue weighted by atomic mass is 16.3. The first-order valence-electron chi connectivity index (χ1n) is 8.89. The fraction of sp³-hybridized carbons (Fsp3) is 0.125. The van der Waals surface area contributed by atoms with Gasteiger partial charge in [0.05, 0.1) is 11.4 Å². The van der Waals surface area contributed by atoms with Crippen LogP contribution in [0.3, 0.4) is 0 Å². The highest BCUT2D eigenvalue weighted by Gasteiger charge is 2.19. The van der Waals surface area contributed by atoms with Gasteiger partial charge in [-0.05, 0) is 23.9 Å². The van der Waals surface area contributed by atoms with Crippen LogP contribution in [0.1, 0.15) is 29.7 Å². The van der Waals surface area contributed by atoms with Crippen LogP contribution < -0.4 is 0 Å². The van der Waals surface area contributed by atoms with Crippen molar-refractivity contribution in [2.45, 2.75) is 19.8 Å². The van der Waals surface area contributed by atoms with Crippen LogP contribution in [-0.4, -0.2) is 10.1 Å². The molecule has 0 saturated heterocycles. The van der Waals surface area contributed by atoms with E-state index < -0.39 is 0 Å². The highest BCUT2D eigenvalue weighted by Crippen LogP contribution is 2.37. The molecular formula is C24H21NO. The molecule has 0 aliphatic rings. The van der Waals surface area contributed by atoms with Gasteiger partial charge in [0.1, 0.15) is 5.75 Å². The van der Waals surface area contributed by atoms with Crippen LogP contribution in [0.4, 0.5) is 0 Å². The van der Waals surface area contributed by atoms with Crippen molar-refractivity contribution in [3.05, 3.63) is 95.7 Å². The number of phenols is 1. The van der Waals surface area contributed by atoms with Gasteiger partial charge in [0.25, 0.3) is 0 Å². The zero-order valence-corrected chi connectivity index (χ0v) is 15.0. The van der Waals surface area contributed by atoms with Gasteiger partial charge >= 0.3 is 0 Å². The summed E-state index contributed by atoms with van der Waals surface area (Å²) in [6, 6.07) is 26.2. The second-order valence-electron chi connectivity index (χ2n) is 6.66. The topological polar surface area (TPSA) is 33.1 Å². The molecule has 3 aromatic carbocycles. The number of aromatic hydroxyl groups is 1. The monoisotopic (exact) mass is 339 g/mol. The fourth-order valence-electron chi connectivity index (χ4n) is 3.63. The van der Waals surface area contributed by atoms with E-state index in [4.69, 9.17) is 4.98 Å². The molecule has 26 heavy (non-hydrogen) atoms. The van der Waals surface area contributed by atoms with E-state index in [1.165, 1.54) is 10.9 Å². The van der Waals surface area contributed by atoms with E-state index in [1.807, 2.05) is 42.5 Å². The minimum Gasteiger partial charge on any atom is -0.508 e. The summed E-state index contributed by atoms with van der Waals surface area (Å²) in [4.78, 5) is 5.08. The number of benzene rings is 3. The molecule has 1 N–H and O–H groups in total. The van der Waals surface area contributed by atoms with Crippen molar-refractivity contribution in [2.24, 2.45) is 0 Å². The Morgan fingerprint density at radius 2 is 1.38 bits per heavy atom. The van der Waals surface area contributed by atoms with Crippen molar-refractivity contribution in [1.82, 2.24) is 4.98 Å². The number of rotatable bonds is 3. The van der Waals surface area contributed by atoms with E-state index >= 15 is 0 Å². The summed E-state index contributed by atoms with van der Waals surface area (Å²) in [5.74, 6) is 0.303. The van der Waals surface area contributed by atoms with Gasteiger partial charge < -0.3 is 5.11 Å². The van der Waals surface area contributed by atoms with Gasteiger partial charge in [-0.25, -0.2) is 0 Å². The Hall–Kier alpha value is -3.13. The summed E-state index contributed by atoms with van der Waals surface area (Å²) < 4.78 is 0. The Morgan fingerprint density at radius 1 is 0.769 bits per heavy atom. The number of para-hydroxylation sites is 1. The van der Waals surface area contributed by atoms with Gasteiger partial charge in [0.2, 0.25) is 0 Å². The van der Waals surface area contributed by atoms with Crippen LogP contribution in [0.2, 0.25) is 0 Å². The van der Waals surface area contributed by atoms with Gasteiger partial charge in [-0.2, -0.15) is 0 Å². The second-order valence-corrected chi connectivity index (χ2v) is 6.66. The lowest BCUT2D eigenvalue weighted by atomic mass is 9.90. The van der Waals surface area contributed by atoms with Crippen molar-refractivity contribution >= 4 is 10.8 Å². The van der Waals surface area contributed by atoms with Crippen molar-refractivity contribution in [3.8, 4) is 17.0 Å². The van der Waals surface area contributed by atoms with E-state index in [1.54, 1.807) is 6.07 Å². The predicted octanol–water partition coefficient (Wildman–Crippen LogP) is 6.07. The van der Waals surface area contributed by atoms with E-state index in [-0.39, 0.29) is 5.92 Å². The average Bonchev–Trinajstić information content (AvgIpc) is 2.69. The van der Waals surface area contributed by atoms with Crippen LogP contribution >= 0.6 is 0 Å². The first-order chi connectivity index (χ1) is 12.7. The Labute approximate surface area is 153 Å². The van der Waals surface area contributed by atoms with Gasteiger partial charge in [-0.15, -0.1) is 0 Å². The fourth-order valence-corrected chi connectivity index (χ4v) is 3.63. The third-order valence-electron chi connectivity index (χ3n) is 5.06. The standard InChI is InChI=1S/C24H21NO/c1-16-19-12-6-7-14-21(19)24(17(2)20-13-8-9-15-22(20)26)25-23(16)18-10-4-3-5-11-18/h3-15,17,26H,1-2H3. The largest absolute Gasteiger partial charge is 0.508 e. The van der Waals surface area contributed by atoms with E-state index in [9.17, 15) is 5.11 Å². The number of nitrogens with zero attached hydrogens (tertiary/aromatic N) is 1. The van der Waals surface area contributed by atoms with Crippen LogP contribution in [0, 0.1) is 6.92 Å². The molecule has 0 aliphatic carbocycles. The van der Waals surface area contributed by atoms with Crippen LogP contribution in [0.15, 0.2) is 78.9 Å². The summed E-state index contributed by atoms with van der Waals surface area (Å²) in [5, 5.41) is 12.7. The minimum atomic E-state index is -0.0100. The Bertz CT molecular complexity index is 1070. The number of pyridine rings is 1. The highest BCUT2D eigenvalue weighted by molar-refractivity contribution is 5.92. The zero-order chi connectivity index (χ0) is 18.1. The second kappa shape index (κ2) is 6.64. The molecule has 0 aliphatic heterocycles. The van der Waals surface area contributed by atoms with E-state index in [2.05, 4.69) is 44.2 Å². The van der Waals surface area contributed by atoms with Crippen molar-refractivity contribution in [3.63, 3.8) is 0 Å². The van der Waals surface area contributed by atoms with Crippen molar-refractivity contribution in [1.29, 1.82) is 0 Å². The lowest BCUT2D eigenvalue weighted by molar-refractivity contribution is 0.466. The molecule has 1 unspecified atom stereocenters. The zero-order valence-electron chi connectivity index (χ0n) is 15.0. The Kier molecular flexibility index (Phi) is 4.18. The maximum atomic E-state index is 10.3. The van der Waals surface area contributed by atoms with Crippen LogP contribution in [0.25, 0.3) is 22.0 Å². The van der Waals surface area contributed by atoms with Gasteiger partial charge in [0, 0.05) is 22.4 Å². The smallest absolute Gasteiger partial charge is 0.119 e. The summed E-state index contributed by atoms with van der Waals surface area (Å²) in [6.45, 7) is 4.24. The quantitative estimate of drug-likeness (QED) is 0.491. The van der Waals surface area contributed by atoms with Crippen molar-refractivity contribution in [2.75, 3.05) is 0 Å². The summed E-state index contributed by atoms with van der Waals surface area (Å²) >= 11 is 0. The third kappa shape index (κ3) is 2.74. The molecule has 1 aromatic heterocycles. The van der Waals surface area contributed by atoms with Gasteiger partial charge in [0.15, 0.2) is 0 Å². The first kappa shape index (κ1) is 16.3. The Balaban J connectivity index is 2.00. The number of aryl methyl sites for hydroxylation is 1. The molecule has 2 nitrogen and oxygen atoms in total. The third-order valence-corrected chi connectivity index (χ3v) is 5.06. The molecule has 0 fully saturated rings. The lowest BCUT2D eigenvalue weighted by Crippen LogP contribution is -2.04. The van der Waals surface area contributed by atoms with E-state index in [0.717, 1.165) is 27.9 Å².